The van der Waals surface area contributed by atoms with Gasteiger partial charge in [0.15, 0.2) is 11.5 Å². The Morgan fingerprint density at radius 3 is 2.41 bits per heavy atom. The van der Waals surface area contributed by atoms with Crippen molar-refractivity contribution in [1.29, 1.82) is 0 Å². The number of nitrogens with one attached hydrogen (secondary N) is 3. The molecular weight excluding hydrogens is 526 g/mol. The molecule has 2 aromatic carbocycles. The minimum absolute atomic E-state index is 0.126. The van der Waals surface area contributed by atoms with Gasteiger partial charge < -0.3 is 34.6 Å². The summed E-state index contributed by atoms with van der Waals surface area (Å²) in [5.74, 6) is 1.46. The molecular formula is C31H37N3O7. The predicted octanol–water partition coefficient (Wildman–Crippen LogP) is 4.21. The van der Waals surface area contributed by atoms with Crippen LogP contribution < -0.4 is 35.6 Å². The molecule has 10 nitrogen and oxygen atoms in total. The number of hydrogen-bond donors (Lipinski definition) is 3. The van der Waals surface area contributed by atoms with E-state index in [1.807, 2.05) is 26.0 Å². The molecule has 4 rings (SSSR count). The van der Waals surface area contributed by atoms with Crippen LogP contribution in [-0.2, 0) is 22.6 Å². The molecule has 3 aromatic rings. The number of carbonyl (C=O) groups is 2. The molecule has 0 aliphatic heterocycles. The highest BCUT2D eigenvalue weighted by molar-refractivity contribution is 5.86. The normalized spacial score (nSPS) is 14.7. The van der Waals surface area contributed by atoms with Crippen molar-refractivity contribution in [1.82, 2.24) is 10.6 Å². The van der Waals surface area contributed by atoms with E-state index in [-0.39, 0.29) is 35.4 Å². The summed E-state index contributed by atoms with van der Waals surface area (Å²) in [6.07, 6.45) is 2.69. The van der Waals surface area contributed by atoms with E-state index in [2.05, 4.69) is 16.0 Å². The van der Waals surface area contributed by atoms with Crippen LogP contribution in [-0.4, -0.2) is 39.2 Å². The molecule has 0 radical (unpaired) electrons. The first kappa shape index (κ1) is 29.5. The fraction of sp³-hybridized carbons (Fsp3) is 0.387. The Hall–Kier alpha value is -4.47. The predicted molar refractivity (Wildman–Crippen MR) is 155 cm³/mol. The molecule has 0 bridgehead atoms. The first-order valence-corrected chi connectivity index (χ1v) is 13.5. The Balaban J connectivity index is 1.82. The molecule has 3 N–H and O–H groups in total. The van der Waals surface area contributed by atoms with Gasteiger partial charge >= 0.3 is 0 Å². The number of aryl methyl sites for hydroxylation is 1. The minimum Gasteiger partial charge on any atom is -0.493 e. The molecule has 0 unspecified atom stereocenters. The van der Waals surface area contributed by atoms with Gasteiger partial charge in [0.2, 0.25) is 23.0 Å². The van der Waals surface area contributed by atoms with Gasteiger partial charge in [0.25, 0.3) is 0 Å². The van der Waals surface area contributed by atoms with Gasteiger partial charge in [-0.2, -0.15) is 0 Å². The fourth-order valence-electron chi connectivity index (χ4n) is 5.23. The van der Waals surface area contributed by atoms with E-state index >= 15 is 0 Å². The van der Waals surface area contributed by atoms with Crippen molar-refractivity contribution in [3.63, 3.8) is 0 Å². The number of carbonyl (C=O) groups excluding carboxylic acids is 2. The van der Waals surface area contributed by atoms with Gasteiger partial charge in [-0.15, -0.1) is 0 Å². The van der Waals surface area contributed by atoms with Crippen molar-refractivity contribution in [3.05, 3.63) is 69.8 Å². The number of benzene rings is 1. The molecule has 10 heteroatoms. The molecule has 0 spiro atoms. The number of methoxy groups -OCH3 is 3. The van der Waals surface area contributed by atoms with E-state index in [1.54, 1.807) is 38.7 Å². The summed E-state index contributed by atoms with van der Waals surface area (Å²) >= 11 is 0. The number of rotatable bonds is 10. The molecule has 218 valence electrons. The van der Waals surface area contributed by atoms with E-state index in [0.29, 0.717) is 47.0 Å². The van der Waals surface area contributed by atoms with E-state index < -0.39 is 12.1 Å². The quantitative estimate of drug-likeness (QED) is 0.335. The molecule has 1 heterocycles. The average molecular weight is 564 g/mol. The highest BCUT2D eigenvalue weighted by Crippen LogP contribution is 2.50. The first-order chi connectivity index (χ1) is 19.7. The van der Waals surface area contributed by atoms with Crippen LogP contribution in [0.4, 0.5) is 5.69 Å². The highest BCUT2D eigenvalue weighted by Gasteiger charge is 2.30. The van der Waals surface area contributed by atoms with Crippen LogP contribution in [0.2, 0.25) is 0 Å². The summed E-state index contributed by atoms with van der Waals surface area (Å²) in [5.41, 5.74) is 2.99. The van der Waals surface area contributed by atoms with Gasteiger partial charge in [-0.25, -0.2) is 0 Å². The van der Waals surface area contributed by atoms with Crippen molar-refractivity contribution in [2.45, 2.75) is 52.2 Å². The molecule has 2 atom stereocenters. The smallest absolute Gasteiger partial charge is 0.243 e. The molecule has 41 heavy (non-hydrogen) atoms. The second-order valence-electron chi connectivity index (χ2n) is 10.3. The van der Waals surface area contributed by atoms with Crippen molar-refractivity contribution in [3.8, 4) is 28.4 Å². The fourth-order valence-corrected chi connectivity index (χ4v) is 5.23. The second kappa shape index (κ2) is 12.8. The largest absolute Gasteiger partial charge is 0.493 e. The first-order valence-electron chi connectivity index (χ1n) is 13.5. The van der Waals surface area contributed by atoms with E-state index in [9.17, 15) is 14.4 Å². The summed E-state index contributed by atoms with van der Waals surface area (Å²) in [5, 5.41) is 9.04. The SMILES string of the molecule is COc1cc2c(c(OC)c1OC)-c1ccc(N[C@H](C(=O)NCc3ccco3)C(C)C)c(=O)cc1[C@@H](NC(C)=O)CC2. The van der Waals surface area contributed by atoms with Crippen LogP contribution in [0.25, 0.3) is 11.1 Å². The third kappa shape index (κ3) is 6.32. The van der Waals surface area contributed by atoms with Crippen molar-refractivity contribution < 1.29 is 28.2 Å². The third-order valence-corrected chi connectivity index (χ3v) is 7.19. The van der Waals surface area contributed by atoms with Crippen LogP contribution in [0.1, 0.15) is 50.1 Å². The summed E-state index contributed by atoms with van der Waals surface area (Å²) in [4.78, 5) is 39.0. The van der Waals surface area contributed by atoms with Gasteiger partial charge in [-0.1, -0.05) is 19.9 Å². The van der Waals surface area contributed by atoms with Crippen LogP contribution in [0.5, 0.6) is 17.2 Å². The molecule has 1 aliphatic carbocycles. The van der Waals surface area contributed by atoms with Crippen LogP contribution in [0.3, 0.4) is 0 Å². The topological polar surface area (TPSA) is 128 Å². The number of anilines is 1. The van der Waals surface area contributed by atoms with Crippen molar-refractivity contribution in [2.24, 2.45) is 5.92 Å². The van der Waals surface area contributed by atoms with Crippen LogP contribution in [0, 0.1) is 5.92 Å². The maximum Gasteiger partial charge on any atom is 0.243 e. The standard InChI is InChI=1S/C31H37N3O7/c1-17(2)28(31(37)32-16-20-8-7-13-41-20)34-24-12-10-21-22(15-25(24)36)23(33-18(3)35)11-9-19-14-26(38-4)29(39-5)30(40-6)27(19)21/h7-8,10,12-15,17,23,28H,9,11,16H2,1-6H3,(H,32,37)(H,33,35)(H,34,36)/t23-,28-/m0/s1. The van der Waals surface area contributed by atoms with E-state index in [4.69, 9.17) is 18.6 Å². The van der Waals surface area contributed by atoms with E-state index in [0.717, 1.165) is 11.1 Å². The van der Waals surface area contributed by atoms with Crippen LogP contribution in [0.15, 0.2) is 51.9 Å². The maximum atomic E-state index is 13.7. The zero-order chi connectivity index (χ0) is 29.7. The van der Waals surface area contributed by atoms with Crippen LogP contribution >= 0.6 is 0 Å². The van der Waals surface area contributed by atoms with E-state index in [1.165, 1.54) is 20.1 Å². The molecule has 0 saturated carbocycles. The van der Waals surface area contributed by atoms with Gasteiger partial charge in [-0.3, -0.25) is 14.4 Å². The summed E-state index contributed by atoms with van der Waals surface area (Å²) in [6.45, 7) is 5.49. The Bertz CT molecular complexity index is 1470. The zero-order valence-electron chi connectivity index (χ0n) is 24.3. The number of furan rings is 1. The monoisotopic (exact) mass is 563 g/mol. The Morgan fingerprint density at radius 1 is 1.05 bits per heavy atom. The Morgan fingerprint density at radius 2 is 1.80 bits per heavy atom. The Kier molecular flexibility index (Phi) is 9.21. The Labute approximate surface area is 239 Å². The average Bonchev–Trinajstić information content (AvgIpc) is 3.36. The lowest BCUT2D eigenvalue weighted by Crippen LogP contribution is -2.43. The number of amides is 2. The summed E-state index contributed by atoms with van der Waals surface area (Å²) in [7, 11) is 4.65. The number of fused-ring (bicyclic) bond motifs is 3. The van der Waals surface area contributed by atoms with Gasteiger partial charge in [0.05, 0.1) is 45.9 Å². The zero-order valence-corrected chi connectivity index (χ0v) is 24.3. The lowest BCUT2D eigenvalue weighted by Gasteiger charge is -2.22. The highest BCUT2D eigenvalue weighted by atomic mass is 16.5. The van der Waals surface area contributed by atoms with Crippen molar-refractivity contribution >= 4 is 17.5 Å². The molecule has 0 saturated heterocycles. The van der Waals surface area contributed by atoms with Gasteiger partial charge in [-0.05, 0) is 65.8 Å². The molecule has 2 amide bonds. The van der Waals surface area contributed by atoms with Gasteiger partial charge in [0, 0.05) is 12.5 Å². The molecule has 0 fully saturated rings. The lowest BCUT2D eigenvalue weighted by atomic mass is 9.95. The summed E-state index contributed by atoms with van der Waals surface area (Å²) in [6, 6.07) is 9.35. The summed E-state index contributed by atoms with van der Waals surface area (Å²) < 4.78 is 22.4. The second-order valence-corrected chi connectivity index (χ2v) is 10.3. The number of ether oxygens (including phenoxy) is 3. The minimum atomic E-state index is -0.683. The lowest BCUT2D eigenvalue weighted by molar-refractivity contribution is -0.123. The van der Waals surface area contributed by atoms with Gasteiger partial charge in [0.1, 0.15) is 11.8 Å². The maximum absolute atomic E-state index is 13.7. The molecule has 1 aromatic heterocycles. The molecule has 1 aliphatic rings. The third-order valence-electron chi connectivity index (χ3n) is 7.19. The van der Waals surface area contributed by atoms with Crippen molar-refractivity contribution in [2.75, 3.05) is 26.6 Å². The number of hydrogen-bond acceptors (Lipinski definition) is 8.